The zero-order chi connectivity index (χ0) is 30.6. The summed E-state index contributed by atoms with van der Waals surface area (Å²) in [7, 11) is 0. The van der Waals surface area contributed by atoms with Gasteiger partial charge in [-0.15, -0.1) is 0 Å². The van der Waals surface area contributed by atoms with Crippen LogP contribution in [0.1, 0.15) is 112 Å². The molecule has 1 heteroatoms. The summed E-state index contributed by atoms with van der Waals surface area (Å²) < 4.78 is 5.05. The number of fused-ring (bicyclic) bond motifs is 5. The van der Waals surface area contributed by atoms with E-state index in [2.05, 4.69) is 146 Å². The molecule has 0 nitrogen and oxygen atoms in total. The minimum atomic E-state index is -2.57. The monoisotopic (exact) mass is 640 g/mol. The maximum atomic E-state index is 2.79. The molecule has 4 aliphatic carbocycles. The van der Waals surface area contributed by atoms with Crippen molar-refractivity contribution < 1.29 is 21.3 Å². The van der Waals surface area contributed by atoms with E-state index in [1.165, 1.54) is 50.1 Å². The van der Waals surface area contributed by atoms with E-state index < -0.39 is 21.3 Å². The van der Waals surface area contributed by atoms with E-state index in [0.29, 0.717) is 15.5 Å². The summed E-state index contributed by atoms with van der Waals surface area (Å²) in [5.41, 5.74) is 19.6. The summed E-state index contributed by atoms with van der Waals surface area (Å²) in [6, 6.07) is 21.7. The van der Waals surface area contributed by atoms with Crippen molar-refractivity contribution in [2.75, 3.05) is 0 Å². The first-order chi connectivity index (χ1) is 20.3. The topological polar surface area (TPSA) is 0 Å². The fourth-order valence-corrected chi connectivity index (χ4v) is 17.6. The first kappa shape index (κ1) is 29.1. The van der Waals surface area contributed by atoms with Crippen LogP contribution in [0.3, 0.4) is 0 Å². The zero-order valence-corrected chi connectivity index (χ0v) is 30.2. The van der Waals surface area contributed by atoms with E-state index in [4.69, 9.17) is 0 Å². The van der Waals surface area contributed by atoms with Gasteiger partial charge < -0.3 is 0 Å². The van der Waals surface area contributed by atoms with Crippen LogP contribution in [0, 0.1) is 11.8 Å². The van der Waals surface area contributed by atoms with Crippen molar-refractivity contribution in [2.24, 2.45) is 11.8 Å². The van der Waals surface area contributed by atoms with Gasteiger partial charge in [-0.05, 0) is 0 Å². The molecule has 0 fully saturated rings. The van der Waals surface area contributed by atoms with Gasteiger partial charge in [-0.25, -0.2) is 0 Å². The summed E-state index contributed by atoms with van der Waals surface area (Å²) in [6.07, 6.45) is 7.58. The van der Waals surface area contributed by atoms with Crippen molar-refractivity contribution >= 4 is 14.9 Å². The molecule has 0 saturated heterocycles. The quantitative estimate of drug-likeness (QED) is 0.266. The van der Waals surface area contributed by atoms with Crippen molar-refractivity contribution in [1.29, 1.82) is 0 Å². The Hall–Kier alpha value is -2.63. The van der Waals surface area contributed by atoms with Gasteiger partial charge in [0.1, 0.15) is 0 Å². The van der Waals surface area contributed by atoms with Gasteiger partial charge >= 0.3 is 269 Å². The fourth-order valence-electron chi connectivity index (χ4n) is 8.92. The first-order valence-corrected chi connectivity index (χ1v) is 20.3. The molecular weight excluding hydrogens is 596 g/mol. The molecule has 3 aromatic carbocycles. The molecule has 43 heavy (non-hydrogen) atoms. The van der Waals surface area contributed by atoms with Gasteiger partial charge in [-0.1, -0.05) is 0 Å². The number of allylic oxidation sites excluding steroid dienone is 8. The molecule has 0 amide bonds. The summed E-state index contributed by atoms with van der Waals surface area (Å²) in [6.45, 7) is 23.9. The van der Waals surface area contributed by atoms with Gasteiger partial charge in [0.15, 0.2) is 0 Å². The van der Waals surface area contributed by atoms with E-state index in [9.17, 15) is 0 Å². The molecule has 0 heterocycles. The van der Waals surface area contributed by atoms with Crippen LogP contribution >= 0.6 is 0 Å². The van der Waals surface area contributed by atoms with Gasteiger partial charge in [-0.3, -0.25) is 0 Å². The van der Waals surface area contributed by atoms with Crippen molar-refractivity contribution in [3.63, 3.8) is 0 Å². The second-order valence-electron chi connectivity index (χ2n) is 15.1. The molecule has 0 aliphatic heterocycles. The predicted octanol–water partition coefficient (Wildman–Crippen LogP) is 11.1. The minimum absolute atomic E-state index is 0.0612. The number of rotatable bonds is 4. The van der Waals surface area contributed by atoms with Crippen molar-refractivity contribution in [3.05, 3.63) is 126 Å². The summed E-state index contributed by atoms with van der Waals surface area (Å²) >= 11 is -2.57. The normalized spacial score (nSPS) is 21.5. The Balaban J connectivity index is 1.56. The van der Waals surface area contributed by atoms with Gasteiger partial charge in [0.2, 0.25) is 0 Å². The van der Waals surface area contributed by atoms with Crippen molar-refractivity contribution in [3.8, 4) is 11.1 Å². The molecule has 1 atom stereocenters. The van der Waals surface area contributed by atoms with Crippen LogP contribution in [0.5, 0.6) is 0 Å². The van der Waals surface area contributed by atoms with E-state index in [1.807, 2.05) is 0 Å². The van der Waals surface area contributed by atoms with Crippen LogP contribution in [0.4, 0.5) is 0 Å². The molecule has 4 aliphatic rings. The van der Waals surface area contributed by atoms with Crippen molar-refractivity contribution in [2.45, 2.75) is 83.7 Å². The zero-order valence-electron chi connectivity index (χ0n) is 27.7. The molecule has 7 rings (SSSR count). The van der Waals surface area contributed by atoms with Crippen LogP contribution in [-0.2, 0) is 32.1 Å². The fraction of sp³-hybridized carbons (Fsp3) is 0.357. The predicted molar refractivity (Wildman–Crippen MR) is 183 cm³/mol. The Morgan fingerprint density at radius 1 is 0.721 bits per heavy atom. The molecule has 0 radical (unpaired) electrons. The van der Waals surface area contributed by atoms with E-state index in [1.54, 1.807) is 25.6 Å². The van der Waals surface area contributed by atoms with Crippen LogP contribution in [0.2, 0.25) is 0 Å². The SMILES string of the molecule is CC1=CC(C)(C)c2cc3c(cc21)-c1cc2c(cc1[CH]3[Zr](=[CH]c1ccccc1)[C]1=C(C)C(C(C)C)=CC1C)C(C)(C)C=C2C. The third-order valence-electron chi connectivity index (χ3n) is 10.8. The Morgan fingerprint density at radius 3 is 1.70 bits per heavy atom. The second kappa shape index (κ2) is 9.94. The van der Waals surface area contributed by atoms with Gasteiger partial charge in [0, 0.05) is 0 Å². The van der Waals surface area contributed by atoms with E-state index >= 15 is 0 Å². The van der Waals surface area contributed by atoms with Gasteiger partial charge in [0.25, 0.3) is 0 Å². The maximum absolute atomic E-state index is 2.79. The van der Waals surface area contributed by atoms with Crippen LogP contribution in [0.25, 0.3) is 22.3 Å². The Kier molecular flexibility index (Phi) is 6.73. The summed E-state index contributed by atoms with van der Waals surface area (Å²) in [5, 5.41) is 0. The standard InChI is InChI=1S/C25H25.C10H15.C7H6.Zr/c1-14-12-24(3,4)22-8-16-7-17-9-23-19(15(2)13-25(23,5)6)11-21(17)20(16)10-18(14)22;1-7(2)10-6-8(3)5-9(10)4;1-7-5-3-2-4-6-7;/h7-13H,1-6H3;6-8H,1-4H3;1-6H;. The summed E-state index contributed by atoms with van der Waals surface area (Å²) in [5.74, 6) is 1.06. The third kappa shape index (κ3) is 4.43. The molecule has 0 bridgehead atoms. The molecule has 0 spiro atoms. The van der Waals surface area contributed by atoms with Crippen molar-refractivity contribution in [1.82, 2.24) is 0 Å². The number of benzene rings is 3. The van der Waals surface area contributed by atoms with Crippen LogP contribution < -0.4 is 0 Å². The average molecular weight is 642 g/mol. The Bertz CT molecular complexity index is 1780. The number of hydrogen-bond acceptors (Lipinski definition) is 0. The molecule has 0 saturated carbocycles. The van der Waals surface area contributed by atoms with Crippen LogP contribution in [-0.4, -0.2) is 3.71 Å². The number of hydrogen-bond donors (Lipinski definition) is 0. The molecular formula is C42H46Zr. The van der Waals surface area contributed by atoms with Gasteiger partial charge in [0.05, 0.1) is 0 Å². The third-order valence-corrected chi connectivity index (χ3v) is 19.0. The molecule has 0 aromatic heterocycles. The van der Waals surface area contributed by atoms with Gasteiger partial charge in [-0.2, -0.15) is 0 Å². The molecule has 0 N–H and O–H groups in total. The van der Waals surface area contributed by atoms with E-state index in [-0.39, 0.29) is 10.8 Å². The average Bonchev–Trinajstić information content (AvgIpc) is 3.57. The molecule has 1 unspecified atom stereocenters. The summed E-state index contributed by atoms with van der Waals surface area (Å²) in [4.78, 5) is 0. The molecule has 3 aromatic rings. The second-order valence-corrected chi connectivity index (χ2v) is 20.8. The van der Waals surface area contributed by atoms with Crippen LogP contribution in [0.15, 0.2) is 87.3 Å². The Labute approximate surface area is 267 Å². The molecule has 218 valence electrons. The Morgan fingerprint density at radius 2 is 1.23 bits per heavy atom. The van der Waals surface area contributed by atoms with E-state index in [0.717, 1.165) is 0 Å². The first-order valence-electron chi connectivity index (χ1n) is 16.2.